The van der Waals surface area contributed by atoms with Gasteiger partial charge in [-0.1, -0.05) is 6.07 Å². The summed E-state index contributed by atoms with van der Waals surface area (Å²) in [5.74, 6) is 1.11. The molecule has 2 aromatic rings. The highest BCUT2D eigenvalue weighted by atomic mass is 16.2. The summed E-state index contributed by atoms with van der Waals surface area (Å²) < 4.78 is 0. The van der Waals surface area contributed by atoms with Crippen molar-refractivity contribution in [2.24, 2.45) is 5.92 Å². The topological polar surface area (TPSA) is 95.1 Å². The van der Waals surface area contributed by atoms with E-state index >= 15 is 0 Å². The van der Waals surface area contributed by atoms with Gasteiger partial charge in [0.25, 0.3) is 0 Å². The van der Waals surface area contributed by atoms with Gasteiger partial charge in [0.1, 0.15) is 12.2 Å². The minimum Gasteiger partial charge on any atom is -0.342 e. The lowest BCUT2D eigenvalue weighted by Gasteiger charge is -2.32. The summed E-state index contributed by atoms with van der Waals surface area (Å²) in [6.45, 7) is 2.36. The predicted octanol–water partition coefficient (Wildman–Crippen LogP) is 0.954. The average Bonchev–Trinajstić information content (AvgIpc) is 3.33. The SMILES string of the molecule is O=C1C[C@H](C(=O)N2CCC(c3ncn[nH]3)CC2)CN1Cc1ccccn1. The summed E-state index contributed by atoms with van der Waals surface area (Å²) in [4.78, 5) is 37.3. The van der Waals surface area contributed by atoms with Crippen LogP contribution >= 0.6 is 0 Å². The van der Waals surface area contributed by atoms with Gasteiger partial charge in [0.05, 0.1) is 18.2 Å². The average molecular weight is 354 g/mol. The van der Waals surface area contributed by atoms with Crippen molar-refractivity contribution in [2.75, 3.05) is 19.6 Å². The zero-order valence-electron chi connectivity index (χ0n) is 14.5. The molecule has 4 rings (SSSR count). The zero-order valence-corrected chi connectivity index (χ0v) is 14.5. The zero-order chi connectivity index (χ0) is 17.9. The Morgan fingerprint density at radius 1 is 1.23 bits per heavy atom. The van der Waals surface area contributed by atoms with Crippen LogP contribution in [0.4, 0.5) is 0 Å². The third kappa shape index (κ3) is 3.44. The fourth-order valence-electron chi connectivity index (χ4n) is 3.82. The van der Waals surface area contributed by atoms with Crippen molar-refractivity contribution in [3.05, 3.63) is 42.2 Å². The number of hydrogen-bond acceptors (Lipinski definition) is 5. The second-order valence-corrected chi connectivity index (χ2v) is 6.97. The Hall–Kier alpha value is -2.77. The molecule has 0 saturated carbocycles. The van der Waals surface area contributed by atoms with Crippen molar-refractivity contribution in [1.82, 2.24) is 30.0 Å². The molecule has 2 aliphatic rings. The van der Waals surface area contributed by atoms with E-state index in [-0.39, 0.29) is 17.7 Å². The first-order valence-electron chi connectivity index (χ1n) is 9.02. The molecule has 26 heavy (non-hydrogen) atoms. The summed E-state index contributed by atoms with van der Waals surface area (Å²) >= 11 is 0. The van der Waals surface area contributed by atoms with Crippen LogP contribution in [0.5, 0.6) is 0 Å². The van der Waals surface area contributed by atoms with Crippen LogP contribution in [0.15, 0.2) is 30.7 Å². The largest absolute Gasteiger partial charge is 0.342 e. The van der Waals surface area contributed by atoms with Gasteiger partial charge in [0.15, 0.2) is 0 Å². The molecular weight excluding hydrogens is 332 g/mol. The fraction of sp³-hybridized carbons (Fsp3) is 0.500. The first-order chi connectivity index (χ1) is 12.7. The highest BCUT2D eigenvalue weighted by Crippen LogP contribution is 2.28. The number of carbonyl (C=O) groups excluding carboxylic acids is 2. The Labute approximate surface area is 151 Å². The van der Waals surface area contributed by atoms with E-state index in [1.807, 2.05) is 23.1 Å². The van der Waals surface area contributed by atoms with Gasteiger partial charge in [0.2, 0.25) is 11.8 Å². The maximum atomic E-state index is 12.8. The lowest BCUT2D eigenvalue weighted by Crippen LogP contribution is -2.42. The number of nitrogens with zero attached hydrogens (tertiary/aromatic N) is 5. The van der Waals surface area contributed by atoms with Crippen LogP contribution in [0.25, 0.3) is 0 Å². The molecular formula is C18H22N6O2. The second kappa shape index (κ2) is 7.23. The van der Waals surface area contributed by atoms with Crippen LogP contribution in [-0.2, 0) is 16.1 Å². The molecule has 1 atom stereocenters. The lowest BCUT2D eigenvalue weighted by molar-refractivity contribution is -0.136. The van der Waals surface area contributed by atoms with Gasteiger partial charge in [-0.2, -0.15) is 5.10 Å². The summed E-state index contributed by atoms with van der Waals surface area (Å²) in [5, 5.41) is 6.82. The molecule has 136 valence electrons. The van der Waals surface area contributed by atoms with E-state index in [1.54, 1.807) is 11.1 Å². The molecule has 8 heteroatoms. The lowest BCUT2D eigenvalue weighted by atomic mass is 9.95. The summed E-state index contributed by atoms with van der Waals surface area (Å²) in [7, 11) is 0. The van der Waals surface area contributed by atoms with Crippen molar-refractivity contribution >= 4 is 11.8 Å². The van der Waals surface area contributed by atoms with Gasteiger partial charge in [-0.25, -0.2) is 4.98 Å². The Kier molecular flexibility index (Phi) is 4.64. The number of likely N-dealkylation sites (tertiary alicyclic amines) is 2. The molecule has 2 fully saturated rings. The first kappa shape index (κ1) is 16.7. The van der Waals surface area contributed by atoms with Gasteiger partial charge >= 0.3 is 0 Å². The number of H-pyrrole nitrogens is 1. The third-order valence-electron chi connectivity index (χ3n) is 5.27. The Bertz CT molecular complexity index is 755. The fourth-order valence-corrected chi connectivity index (χ4v) is 3.82. The van der Waals surface area contributed by atoms with E-state index in [2.05, 4.69) is 20.2 Å². The minimum absolute atomic E-state index is 0.0329. The number of carbonyl (C=O) groups is 2. The minimum atomic E-state index is -0.243. The van der Waals surface area contributed by atoms with Crippen molar-refractivity contribution < 1.29 is 9.59 Å². The summed E-state index contributed by atoms with van der Waals surface area (Å²) in [6.07, 6.45) is 5.29. The predicted molar refractivity (Wildman–Crippen MR) is 92.7 cm³/mol. The molecule has 2 aromatic heterocycles. The normalized spacial score (nSPS) is 21.4. The smallest absolute Gasteiger partial charge is 0.227 e. The summed E-state index contributed by atoms with van der Waals surface area (Å²) in [6, 6.07) is 5.66. The molecule has 8 nitrogen and oxygen atoms in total. The van der Waals surface area contributed by atoms with E-state index < -0.39 is 0 Å². The van der Waals surface area contributed by atoms with Gasteiger partial charge in [-0.15, -0.1) is 0 Å². The standard InChI is InChI=1S/C18H22N6O2/c25-16-9-14(10-24(16)11-15-3-1-2-6-19-15)18(26)23-7-4-13(5-8-23)17-20-12-21-22-17/h1-3,6,12-14H,4-5,7-11H2,(H,20,21,22)/t14-/m0/s1. The molecule has 0 unspecified atom stereocenters. The Balaban J connectivity index is 1.32. The molecule has 1 N–H and O–H groups in total. The van der Waals surface area contributed by atoms with Crippen LogP contribution in [0, 0.1) is 5.92 Å². The van der Waals surface area contributed by atoms with Gasteiger partial charge < -0.3 is 9.80 Å². The number of hydrogen-bond donors (Lipinski definition) is 1. The molecule has 0 aromatic carbocycles. The molecule has 0 aliphatic carbocycles. The van der Waals surface area contributed by atoms with Crippen molar-refractivity contribution in [1.29, 1.82) is 0 Å². The number of amides is 2. The highest BCUT2D eigenvalue weighted by Gasteiger charge is 2.37. The number of pyridine rings is 1. The maximum Gasteiger partial charge on any atom is 0.227 e. The molecule has 0 spiro atoms. The summed E-state index contributed by atoms with van der Waals surface area (Å²) in [5.41, 5.74) is 0.849. The Morgan fingerprint density at radius 3 is 2.77 bits per heavy atom. The van der Waals surface area contributed by atoms with Gasteiger partial charge in [-0.05, 0) is 25.0 Å². The van der Waals surface area contributed by atoms with E-state index in [9.17, 15) is 9.59 Å². The Morgan fingerprint density at radius 2 is 2.08 bits per heavy atom. The quantitative estimate of drug-likeness (QED) is 0.882. The third-order valence-corrected chi connectivity index (χ3v) is 5.27. The van der Waals surface area contributed by atoms with Crippen LogP contribution in [0.2, 0.25) is 0 Å². The van der Waals surface area contributed by atoms with E-state index in [1.165, 1.54) is 6.33 Å². The molecule has 0 bridgehead atoms. The van der Waals surface area contributed by atoms with Crippen molar-refractivity contribution in [3.63, 3.8) is 0 Å². The number of piperidine rings is 1. The molecule has 2 aliphatic heterocycles. The monoisotopic (exact) mass is 354 g/mol. The van der Waals surface area contributed by atoms with E-state index in [0.29, 0.717) is 38.5 Å². The van der Waals surface area contributed by atoms with Crippen molar-refractivity contribution in [3.8, 4) is 0 Å². The molecule has 2 amide bonds. The van der Waals surface area contributed by atoms with Crippen molar-refractivity contribution in [2.45, 2.75) is 31.7 Å². The first-order valence-corrected chi connectivity index (χ1v) is 9.02. The van der Waals surface area contributed by atoms with E-state index in [0.717, 1.165) is 24.4 Å². The van der Waals surface area contributed by atoms with E-state index in [4.69, 9.17) is 0 Å². The molecule has 0 radical (unpaired) electrons. The highest BCUT2D eigenvalue weighted by molar-refractivity contribution is 5.89. The maximum absolute atomic E-state index is 12.8. The van der Waals surface area contributed by atoms with Crippen LogP contribution < -0.4 is 0 Å². The number of aromatic nitrogens is 4. The van der Waals surface area contributed by atoms with Gasteiger partial charge in [0, 0.05) is 38.2 Å². The molecule has 2 saturated heterocycles. The number of rotatable bonds is 4. The molecule has 4 heterocycles. The van der Waals surface area contributed by atoms with Crippen LogP contribution in [-0.4, -0.2) is 61.4 Å². The van der Waals surface area contributed by atoms with Crippen LogP contribution in [0.1, 0.15) is 36.7 Å². The van der Waals surface area contributed by atoms with Gasteiger partial charge in [-0.3, -0.25) is 19.7 Å². The number of aromatic amines is 1. The van der Waals surface area contributed by atoms with Crippen LogP contribution in [0.3, 0.4) is 0 Å². The second-order valence-electron chi connectivity index (χ2n) is 6.97. The number of nitrogens with one attached hydrogen (secondary N) is 1.